The van der Waals surface area contributed by atoms with Crippen molar-refractivity contribution in [1.82, 2.24) is 0 Å². The van der Waals surface area contributed by atoms with Crippen LogP contribution in [0.25, 0.3) is 0 Å². The molecule has 12 heavy (non-hydrogen) atoms. The number of phenolic OH excluding ortho intramolecular Hbond substituents is 1. The summed E-state index contributed by atoms with van der Waals surface area (Å²) in [4.78, 5) is 0. The Hall–Kier alpha value is -0.980. The van der Waals surface area contributed by atoms with Gasteiger partial charge in [0.25, 0.3) is 0 Å². The van der Waals surface area contributed by atoms with Crippen LogP contribution >= 0.6 is 0 Å². The van der Waals surface area contributed by atoms with E-state index in [0.29, 0.717) is 5.75 Å². The standard InChI is InChI=1S/C11H14O/c1-8-5-6-10-9(7-8)3-2-4-11(10)12/h2-4,8,12H,5-7H2,1H3/t8-/m0/s1. The summed E-state index contributed by atoms with van der Waals surface area (Å²) in [5.41, 5.74) is 2.52. The van der Waals surface area contributed by atoms with Crippen LogP contribution in [0.15, 0.2) is 18.2 Å². The molecule has 1 N–H and O–H groups in total. The van der Waals surface area contributed by atoms with Crippen LogP contribution in [0.5, 0.6) is 5.75 Å². The lowest BCUT2D eigenvalue weighted by atomic mass is 9.85. The first-order valence-electron chi connectivity index (χ1n) is 4.57. The monoisotopic (exact) mass is 162 g/mol. The van der Waals surface area contributed by atoms with Gasteiger partial charge < -0.3 is 5.11 Å². The molecule has 0 saturated carbocycles. The van der Waals surface area contributed by atoms with E-state index in [1.54, 1.807) is 6.07 Å². The zero-order valence-corrected chi connectivity index (χ0v) is 7.38. The molecular weight excluding hydrogens is 148 g/mol. The van der Waals surface area contributed by atoms with Crippen LogP contribution in [0, 0.1) is 5.92 Å². The quantitative estimate of drug-likeness (QED) is 0.621. The lowest BCUT2D eigenvalue weighted by Crippen LogP contribution is -2.10. The summed E-state index contributed by atoms with van der Waals surface area (Å²) in [5.74, 6) is 1.26. The molecule has 2 rings (SSSR count). The predicted molar refractivity (Wildman–Crippen MR) is 49.3 cm³/mol. The highest BCUT2D eigenvalue weighted by atomic mass is 16.3. The van der Waals surface area contributed by atoms with E-state index in [1.807, 2.05) is 6.07 Å². The first-order chi connectivity index (χ1) is 5.77. The Morgan fingerprint density at radius 3 is 3.08 bits per heavy atom. The minimum atomic E-state index is 0.486. The topological polar surface area (TPSA) is 20.2 Å². The van der Waals surface area contributed by atoms with Gasteiger partial charge in [-0.25, -0.2) is 0 Å². The van der Waals surface area contributed by atoms with E-state index >= 15 is 0 Å². The average molecular weight is 162 g/mol. The van der Waals surface area contributed by atoms with Gasteiger partial charge in [0, 0.05) is 0 Å². The third-order valence-corrected chi connectivity index (χ3v) is 2.70. The summed E-state index contributed by atoms with van der Waals surface area (Å²) in [5, 5.41) is 9.54. The van der Waals surface area contributed by atoms with Crippen LogP contribution < -0.4 is 0 Å². The molecular formula is C11H14O. The van der Waals surface area contributed by atoms with Crippen molar-refractivity contribution in [2.24, 2.45) is 5.92 Å². The summed E-state index contributed by atoms with van der Waals surface area (Å²) >= 11 is 0. The van der Waals surface area contributed by atoms with Gasteiger partial charge in [-0.05, 0) is 42.4 Å². The van der Waals surface area contributed by atoms with Gasteiger partial charge in [0.05, 0.1) is 0 Å². The highest BCUT2D eigenvalue weighted by Gasteiger charge is 2.16. The fourth-order valence-corrected chi connectivity index (χ4v) is 1.97. The SMILES string of the molecule is C[C@H]1CCc2c(O)cccc2C1. The second-order valence-electron chi connectivity index (χ2n) is 3.76. The Balaban J connectivity index is 2.42. The van der Waals surface area contributed by atoms with Crippen molar-refractivity contribution in [1.29, 1.82) is 0 Å². The maximum absolute atomic E-state index is 9.54. The molecule has 0 saturated heterocycles. The number of aromatic hydroxyl groups is 1. The molecule has 1 heteroatoms. The predicted octanol–water partition coefficient (Wildman–Crippen LogP) is 2.52. The Bertz CT molecular complexity index is 291. The van der Waals surface area contributed by atoms with Gasteiger partial charge >= 0.3 is 0 Å². The molecule has 1 nitrogen and oxygen atoms in total. The van der Waals surface area contributed by atoms with Gasteiger partial charge in [-0.3, -0.25) is 0 Å². The van der Waals surface area contributed by atoms with Crippen LogP contribution in [0.4, 0.5) is 0 Å². The van der Waals surface area contributed by atoms with E-state index in [1.165, 1.54) is 17.5 Å². The van der Waals surface area contributed by atoms with Crippen LogP contribution in [-0.4, -0.2) is 5.11 Å². The van der Waals surface area contributed by atoms with Gasteiger partial charge in [0.1, 0.15) is 5.75 Å². The molecule has 1 aliphatic rings. The molecule has 0 aromatic heterocycles. The molecule has 0 aliphatic heterocycles. The fraction of sp³-hybridized carbons (Fsp3) is 0.455. The Morgan fingerprint density at radius 1 is 1.42 bits per heavy atom. The first kappa shape index (κ1) is 7.66. The maximum atomic E-state index is 9.54. The summed E-state index contributed by atoms with van der Waals surface area (Å²) in [7, 11) is 0. The molecule has 0 bridgehead atoms. The molecule has 0 radical (unpaired) electrons. The minimum absolute atomic E-state index is 0.486. The van der Waals surface area contributed by atoms with Gasteiger partial charge in [-0.1, -0.05) is 19.1 Å². The molecule has 0 fully saturated rings. The van der Waals surface area contributed by atoms with E-state index < -0.39 is 0 Å². The molecule has 1 aromatic rings. The van der Waals surface area contributed by atoms with Crippen molar-refractivity contribution < 1.29 is 5.11 Å². The van der Waals surface area contributed by atoms with Gasteiger partial charge in [-0.2, -0.15) is 0 Å². The Labute approximate surface area is 73.0 Å². The summed E-state index contributed by atoms with van der Waals surface area (Å²) in [6, 6.07) is 5.85. The second kappa shape index (κ2) is 2.81. The van der Waals surface area contributed by atoms with Crippen molar-refractivity contribution in [3.63, 3.8) is 0 Å². The number of rotatable bonds is 0. The molecule has 0 amide bonds. The van der Waals surface area contributed by atoms with Crippen LogP contribution in [-0.2, 0) is 12.8 Å². The second-order valence-corrected chi connectivity index (χ2v) is 3.76. The number of hydrogen-bond acceptors (Lipinski definition) is 1. The number of hydrogen-bond donors (Lipinski definition) is 1. The van der Waals surface area contributed by atoms with Crippen molar-refractivity contribution in [2.75, 3.05) is 0 Å². The van der Waals surface area contributed by atoms with Crippen LogP contribution in [0.1, 0.15) is 24.5 Å². The van der Waals surface area contributed by atoms with Gasteiger partial charge in [0.2, 0.25) is 0 Å². The van der Waals surface area contributed by atoms with Crippen molar-refractivity contribution in [3.05, 3.63) is 29.3 Å². The van der Waals surface area contributed by atoms with Gasteiger partial charge in [0.15, 0.2) is 0 Å². The van der Waals surface area contributed by atoms with Gasteiger partial charge in [-0.15, -0.1) is 0 Å². The third-order valence-electron chi connectivity index (χ3n) is 2.70. The Kier molecular flexibility index (Phi) is 1.80. The lowest BCUT2D eigenvalue weighted by Gasteiger charge is -2.21. The zero-order chi connectivity index (χ0) is 8.55. The highest BCUT2D eigenvalue weighted by Crippen LogP contribution is 2.30. The van der Waals surface area contributed by atoms with Crippen molar-refractivity contribution in [3.8, 4) is 5.75 Å². The van der Waals surface area contributed by atoms with E-state index in [0.717, 1.165) is 18.8 Å². The zero-order valence-electron chi connectivity index (χ0n) is 7.38. The van der Waals surface area contributed by atoms with E-state index in [9.17, 15) is 5.11 Å². The van der Waals surface area contributed by atoms with E-state index in [2.05, 4.69) is 13.0 Å². The normalized spacial score (nSPS) is 21.9. The molecule has 1 atom stereocenters. The average Bonchev–Trinajstić information content (AvgIpc) is 2.04. The smallest absolute Gasteiger partial charge is 0.119 e. The summed E-state index contributed by atoms with van der Waals surface area (Å²) < 4.78 is 0. The van der Waals surface area contributed by atoms with Crippen LogP contribution in [0.2, 0.25) is 0 Å². The minimum Gasteiger partial charge on any atom is -0.508 e. The Morgan fingerprint density at radius 2 is 2.25 bits per heavy atom. The highest BCUT2D eigenvalue weighted by molar-refractivity contribution is 5.40. The van der Waals surface area contributed by atoms with E-state index in [4.69, 9.17) is 0 Å². The fourth-order valence-electron chi connectivity index (χ4n) is 1.97. The molecule has 64 valence electrons. The van der Waals surface area contributed by atoms with Crippen molar-refractivity contribution >= 4 is 0 Å². The largest absolute Gasteiger partial charge is 0.508 e. The molecule has 0 heterocycles. The number of fused-ring (bicyclic) bond motifs is 1. The molecule has 1 aliphatic carbocycles. The maximum Gasteiger partial charge on any atom is 0.119 e. The number of benzene rings is 1. The third kappa shape index (κ3) is 1.20. The summed E-state index contributed by atoms with van der Waals surface area (Å²) in [6.07, 6.45) is 3.39. The van der Waals surface area contributed by atoms with Crippen molar-refractivity contribution in [2.45, 2.75) is 26.2 Å². The summed E-state index contributed by atoms with van der Waals surface area (Å²) in [6.45, 7) is 2.27. The number of phenols is 1. The lowest BCUT2D eigenvalue weighted by molar-refractivity contribution is 0.444. The molecule has 1 aromatic carbocycles. The molecule has 0 spiro atoms. The van der Waals surface area contributed by atoms with E-state index in [-0.39, 0.29) is 0 Å². The van der Waals surface area contributed by atoms with Crippen LogP contribution in [0.3, 0.4) is 0 Å². The first-order valence-corrected chi connectivity index (χ1v) is 4.57. The molecule has 0 unspecified atom stereocenters.